The Hall–Kier alpha value is -1.73. The lowest BCUT2D eigenvalue weighted by Gasteiger charge is -2.19. The van der Waals surface area contributed by atoms with Crippen LogP contribution in [0.25, 0.3) is 0 Å². The molecule has 0 aliphatic heterocycles. The highest BCUT2D eigenvalue weighted by Crippen LogP contribution is 2.22. The lowest BCUT2D eigenvalue weighted by molar-refractivity contribution is 0.0529. The topological polar surface area (TPSA) is 38.3 Å². The van der Waals surface area contributed by atoms with Gasteiger partial charge < -0.3 is 10.1 Å². The van der Waals surface area contributed by atoms with Crippen LogP contribution < -0.4 is 5.32 Å². The van der Waals surface area contributed by atoms with Crippen LogP contribution in [0.2, 0.25) is 5.02 Å². The summed E-state index contributed by atoms with van der Waals surface area (Å²) in [6.45, 7) is 7.37. The Labute approximate surface area is 129 Å². The fourth-order valence-corrected chi connectivity index (χ4v) is 1.66. The number of hydrogen-bond donors (Lipinski definition) is 1. The van der Waals surface area contributed by atoms with Crippen molar-refractivity contribution < 1.29 is 13.9 Å². The first-order valence-electron chi connectivity index (χ1n) is 6.61. The lowest BCUT2D eigenvalue weighted by atomic mass is 10.1. The van der Waals surface area contributed by atoms with Gasteiger partial charge in [-0.1, -0.05) is 23.4 Å². The number of halogens is 2. The van der Waals surface area contributed by atoms with Crippen molar-refractivity contribution >= 4 is 17.7 Å². The quantitative estimate of drug-likeness (QED) is 0.661. The number of benzene rings is 1. The van der Waals surface area contributed by atoms with E-state index in [9.17, 15) is 9.18 Å². The largest absolute Gasteiger partial charge is 0.444 e. The van der Waals surface area contributed by atoms with Crippen molar-refractivity contribution in [2.24, 2.45) is 0 Å². The minimum absolute atomic E-state index is 0.322. The van der Waals surface area contributed by atoms with Crippen molar-refractivity contribution in [3.8, 4) is 11.8 Å². The minimum atomic E-state index is -0.519. The summed E-state index contributed by atoms with van der Waals surface area (Å²) in [6, 6.07) is 2.88. The smallest absolute Gasteiger partial charge is 0.407 e. The van der Waals surface area contributed by atoms with E-state index in [-0.39, 0.29) is 5.82 Å². The van der Waals surface area contributed by atoms with Gasteiger partial charge in [0.1, 0.15) is 11.4 Å². The maximum Gasteiger partial charge on any atom is 0.407 e. The summed E-state index contributed by atoms with van der Waals surface area (Å²) in [5.41, 5.74) is 0.442. The highest BCUT2D eigenvalue weighted by Gasteiger charge is 2.15. The molecule has 0 aromatic heterocycles. The number of hydrogen-bond acceptors (Lipinski definition) is 2. The number of ether oxygens (including phenoxy) is 1. The number of carbonyl (C=O) groups is 1. The molecule has 1 amide bonds. The van der Waals surface area contributed by atoms with Gasteiger partial charge in [0.15, 0.2) is 0 Å². The first-order chi connectivity index (χ1) is 9.70. The molecule has 0 fully saturated rings. The van der Waals surface area contributed by atoms with Gasteiger partial charge in [-0.25, -0.2) is 9.18 Å². The van der Waals surface area contributed by atoms with E-state index < -0.39 is 11.7 Å². The zero-order valence-electron chi connectivity index (χ0n) is 12.6. The lowest BCUT2D eigenvalue weighted by Crippen LogP contribution is -2.32. The van der Waals surface area contributed by atoms with E-state index >= 15 is 0 Å². The van der Waals surface area contributed by atoms with Crippen molar-refractivity contribution in [1.29, 1.82) is 0 Å². The third-order valence-electron chi connectivity index (χ3n) is 2.46. The average molecular weight is 312 g/mol. The zero-order valence-corrected chi connectivity index (χ0v) is 13.4. The molecular weight excluding hydrogens is 293 g/mol. The van der Waals surface area contributed by atoms with E-state index in [0.29, 0.717) is 29.1 Å². The number of carbonyl (C=O) groups excluding carboxylic acids is 1. The van der Waals surface area contributed by atoms with Gasteiger partial charge in [-0.3, -0.25) is 0 Å². The molecule has 1 N–H and O–H groups in total. The molecule has 1 rings (SSSR count). The molecule has 0 saturated heterocycles. The molecule has 3 nitrogen and oxygen atoms in total. The molecule has 21 heavy (non-hydrogen) atoms. The van der Waals surface area contributed by atoms with Crippen LogP contribution in [0.15, 0.2) is 12.1 Å². The molecule has 0 unspecified atom stereocenters. The Balaban J connectivity index is 2.48. The minimum Gasteiger partial charge on any atom is -0.444 e. The molecule has 0 radical (unpaired) electrons. The van der Waals surface area contributed by atoms with Crippen LogP contribution in [0, 0.1) is 24.6 Å². The summed E-state index contributed by atoms with van der Waals surface area (Å²) >= 11 is 6.00. The van der Waals surface area contributed by atoms with Gasteiger partial charge in [-0.05, 0) is 39.8 Å². The van der Waals surface area contributed by atoms with E-state index in [0.717, 1.165) is 0 Å². The molecular formula is C16H19ClFNO2. The Kier molecular flexibility index (Phi) is 6.04. The van der Waals surface area contributed by atoms with Crippen molar-refractivity contribution in [1.82, 2.24) is 5.32 Å². The Morgan fingerprint density at radius 3 is 2.71 bits per heavy atom. The molecule has 0 spiro atoms. The van der Waals surface area contributed by atoms with Crippen LogP contribution in [-0.2, 0) is 4.74 Å². The Morgan fingerprint density at radius 2 is 2.10 bits per heavy atom. The molecule has 0 aliphatic carbocycles. The molecule has 114 valence electrons. The molecule has 1 aromatic rings. The SMILES string of the molecule is Cc1c(F)ccc(C#CCCNC(=O)OC(C)(C)C)c1Cl. The molecule has 0 aliphatic rings. The monoisotopic (exact) mass is 311 g/mol. The van der Waals surface area contributed by atoms with Gasteiger partial charge >= 0.3 is 6.09 Å². The van der Waals surface area contributed by atoms with Gasteiger partial charge in [-0.2, -0.15) is 0 Å². The number of rotatable bonds is 2. The van der Waals surface area contributed by atoms with E-state index in [1.165, 1.54) is 6.07 Å². The third kappa shape index (κ3) is 6.05. The summed E-state index contributed by atoms with van der Waals surface area (Å²) in [5, 5.41) is 2.93. The van der Waals surface area contributed by atoms with E-state index in [1.807, 2.05) is 0 Å². The highest BCUT2D eigenvalue weighted by atomic mass is 35.5. The van der Waals surface area contributed by atoms with Crippen LogP contribution in [0.3, 0.4) is 0 Å². The maximum atomic E-state index is 13.2. The fraction of sp³-hybridized carbons (Fsp3) is 0.438. The van der Waals surface area contributed by atoms with Crippen molar-refractivity contribution in [3.05, 3.63) is 34.1 Å². The second-order valence-corrected chi connectivity index (χ2v) is 5.89. The summed E-state index contributed by atoms with van der Waals surface area (Å²) in [5.74, 6) is 5.39. The molecule has 0 saturated carbocycles. The number of alkyl carbamates (subject to hydrolysis) is 1. The summed E-state index contributed by atoms with van der Waals surface area (Å²) < 4.78 is 18.3. The standard InChI is InChI=1S/C16H19ClFNO2/c1-11-13(18)9-8-12(14(11)17)7-5-6-10-19-15(20)21-16(2,3)4/h8-9H,6,10H2,1-4H3,(H,19,20). The first kappa shape index (κ1) is 17.3. The van der Waals surface area contributed by atoms with Gasteiger partial charge in [0, 0.05) is 24.1 Å². The number of amides is 1. The molecule has 0 bridgehead atoms. The van der Waals surface area contributed by atoms with Gasteiger partial charge in [0.2, 0.25) is 0 Å². The first-order valence-corrected chi connectivity index (χ1v) is 6.99. The van der Waals surface area contributed by atoms with Crippen molar-refractivity contribution in [2.45, 2.75) is 39.7 Å². The Morgan fingerprint density at radius 1 is 1.43 bits per heavy atom. The van der Waals surface area contributed by atoms with Gasteiger partial charge in [-0.15, -0.1) is 0 Å². The predicted octanol–water partition coefficient (Wildman–Crippen LogP) is 4.05. The molecule has 5 heteroatoms. The van der Waals surface area contributed by atoms with Crippen LogP contribution in [-0.4, -0.2) is 18.2 Å². The Bertz CT molecular complexity index is 582. The maximum absolute atomic E-state index is 13.2. The number of nitrogens with one attached hydrogen (secondary N) is 1. The van der Waals surface area contributed by atoms with E-state index in [2.05, 4.69) is 17.2 Å². The summed E-state index contributed by atoms with van der Waals surface area (Å²) in [6.07, 6.45) is -0.0219. The van der Waals surface area contributed by atoms with Gasteiger partial charge in [0.25, 0.3) is 0 Å². The van der Waals surface area contributed by atoms with Crippen molar-refractivity contribution in [2.75, 3.05) is 6.54 Å². The molecule has 0 atom stereocenters. The highest BCUT2D eigenvalue weighted by molar-refractivity contribution is 6.32. The second kappa shape index (κ2) is 7.33. The normalized spacial score (nSPS) is 10.6. The van der Waals surface area contributed by atoms with Crippen molar-refractivity contribution in [3.63, 3.8) is 0 Å². The molecule has 0 heterocycles. The van der Waals surface area contributed by atoms with Crippen LogP contribution in [0.1, 0.15) is 38.3 Å². The van der Waals surface area contributed by atoms with E-state index in [4.69, 9.17) is 16.3 Å². The summed E-state index contributed by atoms with van der Waals surface area (Å²) in [7, 11) is 0. The van der Waals surface area contributed by atoms with Crippen LogP contribution >= 0.6 is 11.6 Å². The predicted molar refractivity (Wildman–Crippen MR) is 81.9 cm³/mol. The van der Waals surface area contributed by atoms with Crippen LogP contribution in [0.4, 0.5) is 9.18 Å². The molecule has 1 aromatic carbocycles. The third-order valence-corrected chi connectivity index (χ3v) is 2.95. The van der Waals surface area contributed by atoms with E-state index in [1.54, 1.807) is 33.8 Å². The van der Waals surface area contributed by atoms with Crippen LogP contribution in [0.5, 0.6) is 0 Å². The fourth-order valence-electron chi connectivity index (χ4n) is 1.46. The van der Waals surface area contributed by atoms with Gasteiger partial charge in [0.05, 0.1) is 5.02 Å². The second-order valence-electron chi connectivity index (χ2n) is 5.51. The average Bonchev–Trinajstić information content (AvgIpc) is 2.36. The summed E-state index contributed by atoms with van der Waals surface area (Å²) in [4.78, 5) is 11.4. The zero-order chi connectivity index (χ0) is 16.0.